The molecule has 0 saturated carbocycles. The molecule has 1 atom stereocenters. The normalized spacial score (nSPS) is 12.5. The number of carbonyl (C=O) groups is 1. The summed E-state index contributed by atoms with van der Waals surface area (Å²) >= 11 is 5.78. The van der Waals surface area contributed by atoms with Crippen LogP contribution in [0.4, 0.5) is 0 Å². The fourth-order valence-electron chi connectivity index (χ4n) is 1.00. The van der Waals surface area contributed by atoms with Crippen molar-refractivity contribution in [3.63, 3.8) is 0 Å². The van der Waals surface area contributed by atoms with Gasteiger partial charge in [0.2, 0.25) is 0 Å². The quantitative estimate of drug-likeness (QED) is 0.763. The van der Waals surface area contributed by atoms with E-state index in [1.165, 1.54) is 0 Å². The van der Waals surface area contributed by atoms with Crippen LogP contribution >= 0.6 is 11.6 Å². The largest absolute Gasteiger partial charge is 0.480 e. The Bertz CT molecular complexity index is 338. The van der Waals surface area contributed by atoms with Crippen LogP contribution in [0.3, 0.4) is 0 Å². The van der Waals surface area contributed by atoms with Crippen LogP contribution in [0.2, 0.25) is 5.02 Å². The predicted molar refractivity (Wildman–Crippen MR) is 50.8 cm³/mol. The Morgan fingerprint density at radius 1 is 1.62 bits per heavy atom. The Balaban J connectivity index is 3.03. The minimum absolute atomic E-state index is 0.564. The minimum atomic E-state index is -1.04. The third kappa shape index (κ3) is 2.20. The van der Waals surface area contributed by atoms with Gasteiger partial charge < -0.3 is 10.8 Å². The first-order valence-corrected chi connectivity index (χ1v) is 4.14. The van der Waals surface area contributed by atoms with Gasteiger partial charge in [0.15, 0.2) is 0 Å². The van der Waals surface area contributed by atoms with E-state index in [0.29, 0.717) is 10.6 Å². The van der Waals surface area contributed by atoms with Crippen molar-refractivity contribution in [3.05, 3.63) is 34.3 Å². The molecule has 0 aromatic heterocycles. The highest BCUT2D eigenvalue weighted by Gasteiger charge is 2.14. The number of nitrogens with two attached hydrogens (primary N) is 1. The number of hydrogen-bond donors (Lipinski definition) is 2. The molecule has 13 heavy (non-hydrogen) atoms. The van der Waals surface area contributed by atoms with E-state index < -0.39 is 12.0 Å². The van der Waals surface area contributed by atoms with Crippen LogP contribution in [0, 0.1) is 6.92 Å². The Morgan fingerprint density at radius 2 is 2.23 bits per heavy atom. The highest BCUT2D eigenvalue weighted by molar-refractivity contribution is 6.31. The molecule has 0 aliphatic heterocycles. The van der Waals surface area contributed by atoms with E-state index >= 15 is 0 Å². The molecule has 0 fully saturated rings. The van der Waals surface area contributed by atoms with Crippen molar-refractivity contribution in [3.8, 4) is 0 Å². The summed E-state index contributed by atoms with van der Waals surface area (Å²) in [7, 11) is 0. The van der Waals surface area contributed by atoms with E-state index in [-0.39, 0.29) is 0 Å². The molecule has 0 spiro atoms. The highest BCUT2D eigenvalue weighted by atomic mass is 35.5. The van der Waals surface area contributed by atoms with Crippen molar-refractivity contribution < 1.29 is 9.90 Å². The Kier molecular flexibility index (Phi) is 2.90. The number of aryl methyl sites for hydroxylation is 1. The Hall–Kier alpha value is -1.06. The molecule has 0 unspecified atom stereocenters. The van der Waals surface area contributed by atoms with E-state index in [2.05, 4.69) is 0 Å². The lowest BCUT2D eigenvalue weighted by atomic mass is 10.1. The minimum Gasteiger partial charge on any atom is -0.480 e. The first-order valence-electron chi connectivity index (χ1n) is 3.77. The first kappa shape index (κ1) is 10.0. The molecule has 0 radical (unpaired) electrons. The fourth-order valence-corrected chi connectivity index (χ4v) is 1.12. The molecule has 70 valence electrons. The molecule has 0 heterocycles. The second-order valence-corrected chi connectivity index (χ2v) is 3.23. The number of hydrogen-bond acceptors (Lipinski definition) is 2. The number of carboxylic acid groups (broad SMARTS) is 1. The summed E-state index contributed by atoms with van der Waals surface area (Å²) in [6.07, 6.45) is 0. The van der Waals surface area contributed by atoms with Crippen molar-refractivity contribution >= 4 is 17.6 Å². The number of benzene rings is 1. The average Bonchev–Trinajstić information content (AvgIpc) is 2.08. The molecule has 0 bridgehead atoms. The summed E-state index contributed by atoms with van der Waals surface area (Å²) in [6, 6.07) is 3.97. The van der Waals surface area contributed by atoms with E-state index in [1.54, 1.807) is 25.1 Å². The van der Waals surface area contributed by atoms with Crippen molar-refractivity contribution in [2.45, 2.75) is 13.0 Å². The molecular weight excluding hydrogens is 190 g/mol. The topological polar surface area (TPSA) is 63.3 Å². The third-order valence-electron chi connectivity index (χ3n) is 1.81. The Labute approximate surface area is 81.1 Å². The van der Waals surface area contributed by atoms with Gasteiger partial charge in [0.25, 0.3) is 0 Å². The lowest BCUT2D eigenvalue weighted by molar-refractivity contribution is -0.138. The maximum absolute atomic E-state index is 10.5. The molecule has 0 aliphatic rings. The van der Waals surface area contributed by atoms with E-state index in [1.807, 2.05) is 0 Å². The van der Waals surface area contributed by atoms with Crippen LogP contribution in [0.25, 0.3) is 0 Å². The summed E-state index contributed by atoms with van der Waals surface area (Å²) in [6.45, 7) is 1.81. The predicted octanol–water partition coefficient (Wildman–Crippen LogP) is 1.73. The van der Waals surface area contributed by atoms with Crippen molar-refractivity contribution in [1.82, 2.24) is 0 Å². The van der Waals surface area contributed by atoms with Gasteiger partial charge in [-0.2, -0.15) is 0 Å². The molecule has 3 nitrogen and oxygen atoms in total. The number of halogens is 1. The second-order valence-electron chi connectivity index (χ2n) is 2.82. The zero-order valence-corrected chi connectivity index (χ0v) is 7.88. The SMILES string of the molecule is Cc1cc([C@@H](N)C(=O)O)ccc1Cl. The van der Waals surface area contributed by atoms with Crippen LogP contribution in [-0.2, 0) is 4.79 Å². The summed E-state index contributed by atoms with van der Waals surface area (Å²) in [4.78, 5) is 10.5. The van der Waals surface area contributed by atoms with E-state index in [0.717, 1.165) is 5.56 Å². The van der Waals surface area contributed by atoms with Crippen molar-refractivity contribution in [1.29, 1.82) is 0 Å². The van der Waals surface area contributed by atoms with Crippen molar-refractivity contribution in [2.24, 2.45) is 5.73 Å². The van der Waals surface area contributed by atoms with Gasteiger partial charge >= 0.3 is 5.97 Å². The standard InChI is InChI=1S/C9H10ClNO2/c1-5-4-6(2-3-7(5)10)8(11)9(12)13/h2-4,8H,11H2,1H3,(H,12,13)/t8-/m1/s1. The molecule has 1 rings (SSSR count). The molecular formula is C9H10ClNO2. The Morgan fingerprint density at radius 3 is 2.69 bits per heavy atom. The summed E-state index contributed by atoms with van der Waals surface area (Å²) in [5, 5.41) is 9.25. The maximum atomic E-state index is 10.5. The molecule has 1 aromatic rings. The lowest BCUT2D eigenvalue weighted by Gasteiger charge is -2.07. The van der Waals surface area contributed by atoms with Crippen LogP contribution in [0.5, 0.6) is 0 Å². The second kappa shape index (κ2) is 3.77. The van der Waals surface area contributed by atoms with E-state index in [9.17, 15) is 4.79 Å². The molecule has 4 heteroatoms. The monoisotopic (exact) mass is 199 g/mol. The van der Waals surface area contributed by atoms with Gasteiger partial charge in [0, 0.05) is 5.02 Å². The van der Waals surface area contributed by atoms with Gasteiger partial charge in [-0.3, -0.25) is 4.79 Å². The lowest BCUT2D eigenvalue weighted by Crippen LogP contribution is -2.20. The average molecular weight is 200 g/mol. The van der Waals surface area contributed by atoms with Crippen LogP contribution in [0.1, 0.15) is 17.2 Å². The molecule has 0 aliphatic carbocycles. The third-order valence-corrected chi connectivity index (χ3v) is 2.23. The molecule has 3 N–H and O–H groups in total. The summed E-state index contributed by atoms with van der Waals surface area (Å²) < 4.78 is 0. The number of rotatable bonds is 2. The van der Waals surface area contributed by atoms with Gasteiger partial charge in [-0.25, -0.2) is 0 Å². The smallest absolute Gasteiger partial charge is 0.325 e. The van der Waals surface area contributed by atoms with Crippen LogP contribution in [0.15, 0.2) is 18.2 Å². The molecule has 0 saturated heterocycles. The van der Waals surface area contributed by atoms with Crippen LogP contribution in [-0.4, -0.2) is 11.1 Å². The zero-order chi connectivity index (χ0) is 10.0. The first-order chi connectivity index (χ1) is 6.02. The van der Waals surface area contributed by atoms with Gasteiger partial charge in [-0.05, 0) is 24.1 Å². The summed E-state index contributed by atoms with van der Waals surface area (Å²) in [5.41, 5.74) is 6.81. The zero-order valence-electron chi connectivity index (χ0n) is 7.12. The number of carboxylic acids is 1. The highest BCUT2D eigenvalue weighted by Crippen LogP contribution is 2.19. The van der Waals surface area contributed by atoms with Gasteiger partial charge in [-0.1, -0.05) is 23.7 Å². The van der Waals surface area contributed by atoms with Gasteiger partial charge in [-0.15, -0.1) is 0 Å². The summed E-state index contributed by atoms with van der Waals surface area (Å²) in [5.74, 6) is -1.04. The fraction of sp³-hybridized carbons (Fsp3) is 0.222. The van der Waals surface area contributed by atoms with Gasteiger partial charge in [0.1, 0.15) is 6.04 Å². The number of aliphatic carboxylic acids is 1. The molecule has 0 amide bonds. The molecule has 1 aromatic carbocycles. The van der Waals surface area contributed by atoms with E-state index in [4.69, 9.17) is 22.4 Å². The maximum Gasteiger partial charge on any atom is 0.325 e. The van der Waals surface area contributed by atoms with Crippen LogP contribution < -0.4 is 5.73 Å². The van der Waals surface area contributed by atoms with Crippen molar-refractivity contribution in [2.75, 3.05) is 0 Å². The van der Waals surface area contributed by atoms with Gasteiger partial charge in [0.05, 0.1) is 0 Å².